The summed E-state index contributed by atoms with van der Waals surface area (Å²) in [6.45, 7) is 5.75. The molecule has 0 radical (unpaired) electrons. The van der Waals surface area contributed by atoms with Gasteiger partial charge in [0.15, 0.2) is 5.82 Å². The van der Waals surface area contributed by atoms with Gasteiger partial charge in [0.2, 0.25) is 5.88 Å². The maximum Gasteiger partial charge on any atom is 0.327 e. The highest BCUT2D eigenvalue weighted by Crippen LogP contribution is 2.31. The van der Waals surface area contributed by atoms with Gasteiger partial charge in [0, 0.05) is 28.0 Å². The summed E-state index contributed by atoms with van der Waals surface area (Å²) in [4.78, 5) is 21.5. The first-order valence-electron chi connectivity index (χ1n) is 12.8. The van der Waals surface area contributed by atoms with Crippen LogP contribution >= 0.6 is 23.2 Å². The number of carbonyl (C=O) groups excluding carboxylic acids is 1. The van der Waals surface area contributed by atoms with Crippen molar-refractivity contribution in [3.05, 3.63) is 71.1 Å². The van der Waals surface area contributed by atoms with Crippen molar-refractivity contribution in [1.29, 1.82) is 0 Å². The first-order valence-corrected chi connectivity index (χ1v) is 15.0. The van der Waals surface area contributed by atoms with Crippen LogP contribution in [0.5, 0.6) is 5.88 Å². The van der Waals surface area contributed by atoms with Crippen LogP contribution in [-0.2, 0) is 24.3 Å². The molecule has 2 aromatic heterocycles. The van der Waals surface area contributed by atoms with E-state index in [9.17, 15) is 13.2 Å². The second-order valence-corrected chi connectivity index (χ2v) is 13.2. The molecule has 2 aromatic carbocycles. The van der Waals surface area contributed by atoms with Crippen molar-refractivity contribution in [2.24, 2.45) is 0 Å². The van der Waals surface area contributed by atoms with Crippen molar-refractivity contribution in [1.82, 2.24) is 14.5 Å². The summed E-state index contributed by atoms with van der Waals surface area (Å²) < 4.78 is 47.0. The van der Waals surface area contributed by atoms with E-state index in [-0.39, 0.29) is 26.7 Å². The van der Waals surface area contributed by atoms with Crippen LogP contribution in [0, 0.1) is 0 Å². The van der Waals surface area contributed by atoms with E-state index in [2.05, 4.69) is 9.97 Å². The van der Waals surface area contributed by atoms with Gasteiger partial charge in [-0.05, 0) is 63.2 Å². The molecule has 1 saturated heterocycles. The summed E-state index contributed by atoms with van der Waals surface area (Å²) in [5, 5.41) is 1.01. The molecule has 0 aliphatic carbocycles. The molecule has 0 N–H and O–H groups in total. The van der Waals surface area contributed by atoms with Crippen molar-refractivity contribution in [2.45, 2.75) is 43.8 Å². The van der Waals surface area contributed by atoms with Gasteiger partial charge in [-0.2, -0.15) is 0 Å². The zero-order chi connectivity index (χ0) is 29.4. The monoisotopic (exact) mass is 618 g/mol. The standard InChI is InChI=1S/C28H28Cl2N4O6S/c1-28(2,3)40-27(35)16-34(41(36,37)23-12-19(29)11-20(30)13-23)21-4-5-24-18(10-21)6-8-33(24)25-14-32-26(15-31-25)39-22-7-9-38-17-22/h4-6,8,10-15,22H,7,9,16-17H2,1-3H3/t22-/m1/s1. The number of sulfonamides is 1. The average Bonchev–Trinajstić information content (AvgIpc) is 3.56. The lowest BCUT2D eigenvalue weighted by Gasteiger charge is -2.26. The van der Waals surface area contributed by atoms with Gasteiger partial charge >= 0.3 is 5.97 Å². The SMILES string of the molecule is CC(C)(C)OC(=O)CN(c1ccc2c(ccn2-c2cnc(O[C@@H]3CCOC3)cn2)c1)S(=O)(=O)c1cc(Cl)cc(Cl)c1. The Kier molecular flexibility index (Phi) is 8.15. The summed E-state index contributed by atoms with van der Waals surface area (Å²) in [6.07, 6.45) is 5.72. The second kappa shape index (κ2) is 11.5. The van der Waals surface area contributed by atoms with Gasteiger partial charge < -0.3 is 14.2 Å². The lowest BCUT2D eigenvalue weighted by molar-refractivity contribution is -0.152. The molecule has 0 spiro atoms. The summed E-state index contributed by atoms with van der Waals surface area (Å²) in [5.41, 5.74) is 0.201. The second-order valence-electron chi connectivity index (χ2n) is 10.4. The molecule has 1 fully saturated rings. The Morgan fingerprint density at radius 1 is 1.10 bits per heavy atom. The highest BCUT2D eigenvalue weighted by atomic mass is 35.5. The minimum absolute atomic E-state index is 0.0381. The predicted molar refractivity (Wildman–Crippen MR) is 156 cm³/mol. The normalized spacial score (nSPS) is 15.7. The molecule has 41 heavy (non-hydrogen) atoms. The topological polar surface area (TPSA) is 113 Å². The molecule has 13 heteroatoms. The molecule has 0 amide bonds. The number of fused-ring (bicyclic) bond motifs is 1. The highest BCUT2D eigenvalue weighted by Gasteiger charge is 2.30. The van der Waals surface area contributed by atoms with Gasteiger partial charge in [-0.15, -0.1) is 0 Å². The van der Waals surface area contributed by atoms with E-state index < -0.39 is 28.1 Å². The summed E-state index contributed by atoms with van der Waals surface area (Å²) in [6, 6.07) is 10.8. The quantitative estimate of drug-likeness (QED) is 0.240. The number of anilines is 1. The zero-order valence-electron chi connectivity index (χ0n) is 22.6. The Bertz CT molecular complexity index is 1660. The van der Waals surface area contributed by atoms with Crippen LogP contribution in [0.1, 0.15) is 27.2 Å². The Labute approximate surface area is 247 Å². The third kappa shape index (κ3) is 6.75. The average molecular weight is 620 g/mol. The summed E-state index contributed by atoms with van der Waals surface area (Å²) in [5.74, 6) is 0.246. The van der Waals surface area contributed by atoms with Crippen molar-refractivity contribution in [2.75, 3.05) is 24.1 Å². The molecule has 3 heterocycles. The van der Waals surface area contributed by atoms with Gasteiger partial charge in [-0.1, -0.05) is 23.2 Å². The number of hydrogen-bond acceptors (Lipinski definition) is 8. The number of carbonyl (C=O) groups is 1. The number of ether oxygens (including phenoxy) is 3. The fourth-order valence-electron chi connectivity index (χ4n) is 4.37. The molecule has 1 atom stereocenters. The molecule has 0 bridgehead atoms. The van der Waals surface area contributed by atoms with E-state index in [1.807, 2.05) is 10.6 Å². The van der Waals surface area contributed by atoms with Crippen LogP contribution in [-0.4, -0.2) is 60.4 Å². The van der Waals surface area contributed by atoms with Crippen LogP contribution in [0.25, 0.3) is 16.7 Å². The largest absolute Gasteiger partial charge is 0.471 e. The van der Waals surface area contributed by atoms with E-state index in [4.69, 9.17) is 37.4 Å². The van der Waals surface area contributed by atoms with Crippen molar-refractivity contribution < 1.29 is 27.4 Å². The maximum absolute atomic E-state index is 13.8. The third-order valence-corrected chi connectivity index (χ3v) is 8.30. The first-order chi connectivity index (χ1) is 19.4. The van der Waals surface area contributed by atoms with E-state index in [0.717, 1.165) is 16.2 Å². The van der Waals surface area contributed by atoms with Crippen LogP contribution in [0.3, 0.4) is 0 Å². The van der Waals surface area contributed by atoms with Gasteiger partial charge in [0.25, 0.3) is 10.0 Å². The number of nitrogens with zero attached hydrogens (tertiary/aromatic N) is 4. The van der Waals surface area contributed by atoms with Crippen molar-refractivity contribution in [3.8, 4) is 11.7 Å². The Morgan fingerprint density at radius 2 is 1.85 bits per heavy atom. The minimum atomic E-state index is -4.27. The smallest absolute Gasteiger partial charge is 0.327 e. The predicted octanol–water partition coefficient (Wildman–Crippen LogP) is 5.43. The van der Waals surface area contributed by atoms with E-state index in [0.29, 0.717) is 30.3 Å². The Morgan fingerprint density at radius 3 is 2.49 bits per heavy atom. The lowest BCUT2D eigenvalue weighted by Crippen LogP contribution is -2.39. The number of hydrogen-bond donors (Lipinski definition) is 0. The third-order valence-electron chi connectivity index (χ3n) is 6.12. The van der Waals surface area contributed by atoms with E-state index in [1.54, 1.807) is 57.6 Å². The van der Waals surface area contributed by atoms with Gasteiger partial charge in [-0.3, -0.25) is 13.7 Å². The van der Waals surface area contributed by atoms with Crippen LogP contribution in [0.15, 0.2) is 66.0 Å². The van der Waals surface area contributed by atoms with Gasteiger partial charge in [0.1, 0.15) is 18.2 Å². The molecule has 0 saturated carbocycles. The summed E-state index contributed by atoms with van der Waals surface area (Å²) >= 11 is 12.2. The molecule has 5 rings (SSSR count). The van der Waals surface area contributed by atoms with Crippen molar-refractivity contribution in [3.63, 3.8) is 0 Å². The lowest BCUT2D eigenvalue weighted by atomic mass is 10.2. The molecule has 10 nitrogen and oxygen atoms in total. The fraction of sp³-hybridized carbons (Fsp3) is 0.321. The molecular weight excluding hydrogens is 591 g/mol. The number of rotatable bonds is 8. The molecule has 1 aliphatic rings. The highest BCUT2D eigenvalue weighted by molar-refractivity contribution is 7.92. The van der Waals surface area contributed by atoms with Gasteiger partial charge in [-0.25, -0.2) is 18.4 Å². The summed E-state index contributed by atoms with van der Waals surface area (Å²) in [7, 11) is -4.27. The number of halogens is 2. The molecule has 4 aromatic rings. The van der Waals surface area contributed by atoms with E-state index in [1.165, 1.54) is 18.2 Å². The number of esters is 1. The van der Waals surface area contributed by atoms with E-state index >= 15 is 0 Å². The van der Waals surface area contributed by atoms with Gasteiger partial charge in [0.05, 0.1) is 41.7 Å². The molecule has 216 valence electrons. The maximum atomic E-state index is 13.8. The Balaban J connectivity index is 1.48. The number of aromatic nitrogens is 3. The van der Waals surface area contributed by atoms with Crippen LogP contribution in [0.4, 0.5) is 5.69 Å². The number of benzene rings is 2. The van der Waals surface area contributed by atoms with Crippen LogP contribution < -0.4 is 9.04 Å². The molecular formula is C28H28Cl2N4O6S. The minimum Gasteiger partial charge on any atom is -0.471 e. The zero-order valence-corrected chi connectivity index (χ0v) is 24.9. The Hall–Kier alpha value is -3.38. The van der Waals surface area contributed by atoms with Crippen molar-refractivity contribution >= 4 is 55.8 Å². The first kappa shape index (κ1) is 29.1. The molecule has 0 unspecified atom stereocenters. The fourth-order valence-corrected chi connectivity index (χ4v) is 6.50. The molecule has 1 aliphatic heterocycles. The van der Waals surface area contributed by atoms with Crippen LogP contribution in [0.2, 0.25) is 10.0 Å².